The number of carbonyl (C=O) groups is 1. The van der Waals surface area contributed by atoms with Crippen molar-refractivity contribution in [1.29, 1.82) is 0 Å². The van der Waals surface area contributed by atoms with Crippen molar-refractivity contribution in [3.63, 3.8) is 0 Å². The van der Waals surface area contributed by atoms with Gasteiger partial charge in [0.15, 0.2) is 11.5 Å². The van der Waals surface area contributed by atoms with Gasteiger partial charge in [0, 0.05) is 13.1 Å². The zero-order valence-corrected chi connectivity index (χ0v) is 16.4. The lowest BCUT2D eigenvalue weighted by Gasteiger charge is -2.09. The molecule has 0 spiro atoms. The van der Waals surface area contributed by atoms with Gasteiger partial charge in [-0.2, -0.15) is 23.1 Å². The smallest absolute Gasteiger partial charge is 0.416 e. The number of nitrogen functional groups attached to an aromatic ring is 1. The van der Waals surface area contributed by atoms with Crippen molar-refractivity contribution in [2.24, 2.45) is 0 Å². The Bertz CT molecular complexity index is 1020. The molecule has 0 aliphatic carbocycles. The van der Waals surface area contributed by atoms with Gasteiger partial charge in [-0.1, -0.05) is 12.1 Å². The van der Waals surface area contributed by atoms with Crippen molar-refractivity contribution in [2.75, 3.05) is 12.3 Å². The topological polar surface area (TPSA) is 108 Å². The van der Waals surface area contributed by atoms with Crippen LogP contribution in [0.1, 0.15) is 24.0 Å². The number of alkyl halides is 3. The standard InChI is InChI=1S/C18H18ClF3N6O2/c19-16-26-14(23)13-15(27-16)28(10-25-13)7-1-2-8-30-17(29)24-9-11-3-5-12(6-4-11)18(20,21)22/h3-6,10H,1-2,7-9H2,(H,24,29)(H2,23,26,27). The highest BCUT2D eigenvalue weighted by Crippen LogP contribution is 2.29. The van der Waals surface area contributed by atoms with Crippen molar-refractivity contribution in [3.05, 3.63) is 47.0 Å². The van der Waals surface area contributed by atoms with Crippen LogP contribution in [-0.2, 0) is 24.0 Å². The van der Waals surface area contributed by atoms with Crippen molar-refractivity contribution < 1.29 is 22.7 Å². The minimum Gasteiger partial charge on any atom is -0.450 e. The van der Waals surface area contributed by atoms with Crippen LogP contribution in [0.4, 0.5) is 23.8 Å². The van der Waals surface area contributed by atoms with Gasteiger partial charge in [0.05, 0.1) is 18.5 Å². The number of hydrogen-bond acceptors (Lipinski definition) is 6. The number of aromatic nitrogens is 4. The first kappa shape index (κ1) is 21.6. The number of halogens is 4. The highest BCUT2D eigenvalue weighted by Gasteiger charge is 2.29. The fourth-order valence-electron chi connectivity index (χ4n) is 2.69. The molecule has 0 unspecified atom stereocenters. The van der Waals surface area contributed by atoms with Crippen molar-refractivity contribution in [3.8, 4) is 0 Å². The molecule has 0 aliphatic rings. The van der Waals surface area contributed by atoms with Gasteiger partial charge in [0.25, 0.3) is 0 Å². The SMILES string of the molecule is Nc1nc(Cl)nc2c1ncn2CCCCOC(=O)NCc1ccc(C(F)(F)F)cc1. The number of anilines is 1. The molecular weight excluding hydrogens is 425 g/mol. The van der Waals surface area contributed by atoms with E-state index in [0.717, 1.165) is 12.1 Å². The average molecular weight is 443 g/mol. The number of aryl methyl sites for hydroxylation is 1. The second-order valence-corrected chi connectivity index (χ2v) is 6.72. The van der Waals surface area contributed by atoms with Crippen LogP contribution in [0.3, 0.4) is 0 Å². The average Bonchev–Trinajstić information content (AvgIpc) is 3.09. The molecule has 2 heterocycles. The lowest BCUT2D eigenvalue weighted by Crippen LogP contribution is -2.24. The van der Waals surface area contributed by atoms with E-state index >= 15 is 0 Å². The number of fused-ring (bicyclic) bond motifs is 1. The summed E-state index contributed by atoms with van der Waals surface area (Å²) in [5, 5.41) is 2.53. The van der Waals surface area contributed by atoms with E-state index in [9.17, 15) is 18.0 Å². The molecule has 0 fully saturated rings. The first-order valence-electron chi connectivity index (χ1n) is 8.94. The van der Waals surface area contributed by atoms with Crippen LogP contribution in [0.25, 0.3) is 11.2 Å². The Kier molecular flexibility index (Phi) is 6.60. The summed E-state index contributed by atoms with van der Waals surface area (Å²) in [6.45, 7) is 0.822. The van der Waals surface area contributed by atoms with Crippen molar-refractivity contribution in [2.45, 2.75) is 32.1 Å². The predicted molar refractivity (Wildman–Crippen MR) is 104 cm³/mol. The number of amides is 1. The molecule has 3 rings (SSSR count). The largest absolute Gasteiger partial charge is 0.450 e. The van der Waals surface area contributed by atoms with Crippen LogP contribution in [0, 0.1) is 0 Å². The molecule has 0 atom stereocenters. The third-order valence-electron chi connectivity index (χ3n) is 4.21. The Hall–Kier alpha value is -3.08. The lowest BCUT2D eigenvalue weighted by molar-refractivity contribution is -0.137. The van der Waals surface area contributed by atoms with E-state index in [0.29, 0.717) is 36.1 Å². The first-order valence-corrected chi connectivity index (χ1v) is 9.32. The van der Waals surface area contributed by atoms with Gasteiger partial charge in [-0.25, -0.2) is 9.78 Å². The molecule has 0 bridgehead atoms. The summed E-state index contributed by atoms with van der Waals surface area (Å²) >= 11 is 5.82. The van der Waals surface area contributed by atoms with Gasteiger partial charge >= 0.3 is 12.3 Å². The molecule has 160 valence electrons. The number of nitrogens with two attached hydrogens (primary N) is 1. The third-order valence-corrected chi connectivity index (χ3v) is 4.38. The number of nitrogens with zero attached hydrogens (tertiary/aromatic N) is 4. The third kappa shape index (κ3) is 5.50. The Labute approximate surface area is 174 Å². The maximum atomic E-state index is 12.5. The number of carbonyl (C=O) groups excluding carboxylic acids is 1. The Morgan fingerprint density at radius 3 is 2.63 bits per heavy atom. The number of ether oxygens (including phenoxy) is 1. The molecule has 0 radical (unpaired) electrons. The van der Waals surface area contributed by atoms with E-state index in [1.54, 1.807) is 10.9 Å². The Morgan fingerprint density at radius 2 is 1.93 bits per heavy atom. The maximum Gasteiger partial charge on any atom is 0.416 e. The van der Waals surface area contributed by atoms with Crippen LogP contribution < -0.4 is 11.1 Å². The summed E-state index contributed by atoms with van der Waals surface area (Å²) < 4.78 is 44.4. The zero-order chi connectivity index (χ0) is 21.7. The van der Waals surface area contributed by atoms with Crippen LogP contribution in [0.15, 0.2) is 30.6 Å². The molecule has 30 heavy (non-hydrogen) atoms. The molecule has 1 aromatic carbocycles. The summed E-state index contributed by atoms with van der Waals surface area (Å²) in [6, 6.07) is 4.55. The van der Waals surface area contributed by atoms with E-state index in [1.807, 2.05) is 0 Å². The molecule has 12 heteroatoms. The fraction of sp³-hybridized carbons (Fsp3) is 0.333. The molecule has 2 aromatic heterocycles. The van der Waals surface area contributed by atoms with Crippen LogP contribution >= 0.6 is 11.6 Å². The second-order valence-electron chi connectivity index (χ2n) is 6.38. The quantitative estimate of drug-likeness (QED) is 0.426. The molecule has 1 amide bonds. The minimum atomic E-state index is -4.39. The summed E-state index contributed by atoms with van der Waals surface area (Å²) in [5.41, 5.74) is 6.55. The van der Waals surface area contributed by atoms with Gasteiger partial charge in [-0.15, -0.1) is 0 Å². The maximum absolute atomic E-state index is 12.5. The summed E-state index contributed by atoms with van der Waals surface area (Å²) in [6.07, 6.45) is -2.18. The number of nitrogens with one attached hydrogen (secondary N) is 1. The predicted octanol–water partition coefficient (Wildman–Crippen LogP) is 3.79. The lowest BCUT2D eigenvalue weighted by atomic mass is 10.1. The zero-order valence-electron chi connectivity index (χ0n) is 15.6. The molecule has 3 N–H and O–H groups in total. The van der Waals surface area contributed by atoms with Crippen LogP contribution in [-0.4, -0.2) is 32.2 Å². The summed E-state index contributed by atoms with van der Waals surface area (Å²) in [4.78, 5) is 23.8. The second kappa shape index (κ2) is 9.16. The number of hydrogen-bond donors (Lipinski definition) is 2. The van der Waals surface area contributed by atoms with Crippen molar-refractivity contribution in [1.82, 2.24) is 24.8 Å². The van der Waals surface area contributed by atoms with E-state index in [1.165, 1.54) is 12.1 Å². The van der Waals surface area contributed by atoms with Crippen LogP contribution in [0.2, 0.25) is 5.28 Å². The molecule has 0 aliphatic heterocycles. The number of imidazole rings is 1. The normalized spacial score (nSPS) is 11.6. The van der Waals surface area contributed by atoms with Gasteiger partial charge in [0.1, 0.15) is 5.52 Å². The van der Waals surface area contributed by atoms with Gasteiger partial charge < -0.3 is 20.4 Å². The summed E-state index contributed by atoms with van der Waals surface area (Å²) in [5.74, 6) is 0.205. The first-order chi connectivity index (χ1) is 14.2. The van der Waals surface area contributed by atoms with Crippen molar-refractivity contribution >= 4 is 34.7 Å². The van der Waals surface area contributed by atoms with E-state index in [-0.39, 0.29) is 24.3 Å². The Balaban J connectivity index is 1.37. The van der Waals surface area contributed by atoms with Gasteiger partial charge in [-0.05, 0) is 42.1 Å². The molecule has 0 saturated carbocycles. The highest BCUT2D eigenvalue weighted by atomic mass is 35.5. The molecular formula is C18H18ClF3N6O2. The number of rotatable bonds is 7. The molecule has 0 saturated heterocycles. The number of benzene rings is 1. The van der Waals surface area contributed by atoms with Crippen LogP contribution in [0.5, 0.6) is 0 Å². The molecule has 8 nitrogen and oxygen atoms in total. The highest BCUT2D eigenvalue weighted by molar-refractivity contribution is 6.28. The Morgan fingerprint density at radius 1 is 1.20 bits per heavy atom. The minimum absolute atomic E-state index is 0.0369. The monoisotopic (exact) mass is 442 g/mol. The van der Waals surface area contributed by atoms with E-state index in [2.05, 4.69) is 20.3 Å². The number of alkyl carbamates (subject to hydrolysis) is 1. The number of unbranched alkanes of at least 4 members (excludes halogenated alkanes) is 1. The van der Waals surface area contributed by atoms with E-state index < -0.39 is 17.8 Å². The van der Waals surface area contributed by atoms with Gasteiger partial charge in [-0.3, -0.25) is 0 Å². The van der Waals surface area contributed by atoms with Gasteiger partial charge in [0.2, 0.25) is 5.28 Å². The van der Waals surface area contributed by atoms with E-state index in [4.69, 9.17) is 22.1 Å². The fourth-order valence-corrected chi connectivity index (χ4v) is 2.86. The summed E-state index contributed by atoms with van der Waals surface area (Å²) in [7, 11) is 0. The molecule has 3 aromatic rings.